The fraction of sp³-hybridized carbons (Fsp3) is 0.394. The average molecular weight is 594 g/mol. The molecule has 2 N–H and O–H groups in total. The molecule has 1 aliphatic carbocycles. The Morgan fingerprint density at radius 3 is 2.61 bits per heavy atom. The van der Waals surface area contributed by atoms with Gasteiger partial charge >= 0.3 is 0 Å². The summed E-state index contributed by atoms with van der Waals surface area (Å²) in [4.78, 5) is 30.2. The number of piperazine rings is 1. The predicted octanol–water partition coefficient (Wildman–Crippen LogP) is 2.88. The molecule has 11 nitrogen and oxygen atoms in total. The second-order valence-electron chi connectivity index (χ2n) is 12.1. The highest BCUT2D eigenvalue weighted by Gasteiger charge is 2.31. The maximum atomic E-state index is 13.4. The molecule has 4 aromatic heterocycles. The van der Waals surface area contributed by atoms with Crippen molar-refractivity contribution >= 4 is 28.4 Å². The van der Waals surface area contributed by atoms with Crippen LogP contribution in [0, 0.1) is 0 Å². The molecule has 5 aromatic rings. The second-order valence-corrected chi connectivity index (χ2v) is 12.1. The summed E-state index contributed by atoms with van der Waals surface area (Å²) in [6.45, 7) is 6.73. The van der Waals surface area contributed by atoms with Crippen LogP contribution in [0.1, 0.15) is 28.8 Å². The highest BCUT2D eigenvalue weighted by Crippen LogP contribution is 2.32. The molecule has 44 heavy (non-hydrogen) atoms. The lowest BCUT2D eigenvalue weighted by Crippen LogP contribution is -2.50. The molecule has 228 valence electrons. The lowest BCUT2D eigenvalue weighted by molar-refractivity contribution is 0.0448. The maximum Gasteiger partial charge on any atom is 0.257 e. The van der Waals surface area contributed by atoms with Crippen LogP contribution in [-0.4, -0.2) is 104 Å². The Bertz CT molecular complexity index is 1770. The molecule has 5 heterocycles. The van der Waals surface area contributed by atoms with Crippen LogP contribution >= 0.6 is 0 Å². The van der Waals surface area contributed by atoms with Crippen LogP contribution in [0.4, 0.5) is 5.82 Å². The first-order valence-electron chi connectivity index (χ1n) is 15.4. The molecule has 11 heteroatoms. The topological polar surface area (TPSA) is 107 Å². The number of aliphatic hydroxyl groups is 1. The van der Waals surface area contributed by atoms with Gasteiger partial charge in [0.1, 0.15) is 17.0 Å². The van der Waals surface area contributed by atoms with E-state index in [4.69, 9.17) is 9.97 Å². The molecule has 7 rings (SSSR count). The molecule has 0 bridgehead atoms. The quantitative estimate of drug-likeness (QED) is 0.269. The minimum Gasteiger partial charge on any atom is -0.391 e. The van der Waals surface area contributed by atoms with Crippen LogP contribution in [0.5, 0.6) is 0 Å². The summed E-state index contributed by atoms with van der Waals surface area (Å²) in [6.07, 6.45) is 6.51. The third-order valence-corrected chi connectivity index (χ3v) is 9.07. The number of nitrogens with one attached hydrogen (secondary N) is 1. The van der Waals surface area contributed by atoms with Crippen molar-refractivity contribution in [1.29, 1.82) is 0 Å². The first-order chi connectivity index (χ1) is 21.4. The minimum atomic E-state index is -0.513. The number of amides is 1. The third kappa shape index (κ3) is 5.54. The van der Waals surface area contributed by atoms with E-state index in [1.165, 1.54) is 0 Å². The number of benzene rings is 1. The number of hydrogen-bond acceptors (Lipinski definition) is 8. The van der Waals surface area contributed by atoms with E-state index in [0.29, 0.717) is 24.2 Å². The number of carbonyl (C=O) groups is 1. The van der Waals surface area contributed by atoms with Crippen molar-refractivity contribution in [1.82, 2.24) is 39.3 Å². The highest BCUT2D eigenvalue weighted by molar-refractivity contribution is 6.01. The molecular formula is C33H39N9O2. The number of carbonyl (C=O) groups excluding carboxylic acids is 1. The van der Waals surface area contributed by atoms with E-state index in [1.807, 2.05) is 43.6 Å². The van der Waals surface area contributed by atoms with E-state index in [0.717, 1.165) is 79.4 Å². The largest absolute Gasteiger partial charge is 0.391 e. The van der Waals surface area contributed by atoms with E-state index < -0.39 is 6.10 Å². The minimum absolute atomic E-state index is 0.245. The molecule has 1 aliphatic heterocycles. The van der Waals surface area contributed by atoms with Crippen molar-refractivity contribution in [2.75, 3.05) is 51.7 Å². The monoisotopic (exact) mass is 593 g/mol. The van der Waals surface area contributed by atoms with E-state index in [2.05, 4.69) is 61.1 Å². The van der Waals surface area contributed by atoms with Crippen LogP contribution < -0.4 is 10.2 Å². The number of anilines is 1. The van der Waals surface area contributed by atoms with E-state index in [-0.39, 0.29) is 11.9 Å². The normalized spacial score (nSPS) is 19.3. The maximum absolute atomic E-state index is 13.4. The standard InChI is InChI=1S/C33H39N9O2/c1-38-13-15-40(16-14-38)17-18-41-22-26(24-9-6-12-34-31(24)41)28-19-30(39(2)21-23-7-4-3-5-8-23)42-32(36-28)25(20-35-42)33(44)37-27-10-11-29(27)43/h3-9,12,19-20,22,27,29,43H,10-11,13-18,21H2,1-2H3,(H,37,44)/t27-,29-/m0/s1. The van der Waals surface area contributed by atoms with Gasteiger partial charge in [-0.2, -0.15) is 9.61 Å². The number of hydrogen-bond donors (Lipinski definition) is 2. The van der Waals surface area contributed by atoms with Gasteiger partial charge in [0, 0.05) is 82.3 Å². The number of pyridine rings is 1. The second kappa shape index (κ2) is 12.0. The van der Waals surface area contributed by atoms with Crippen molar-refractivity contribution in [2.24, 2.45) is 0 Å². The zero-order valence-electron chi connectivity index (χ0n) is 25.3. The molecule has 2 fully saturated rings. The summed E-state index contributed by atoms with van der Waals surface area (Å²) in [7, 11) is 4.20. The van der Waals surface area contributed by atoms with Crippen molar-refractivity contribution in [2.45, 2.75) is 38.1 Å². The van der Waals surface area contributed by atoms with E-state index in [9.17, 15) is 9.90 Å². The molecule has 0 radical (unpaired) electrons. The van der Waals surface area contributed by atoms with Crippen molar-refractivity contribution in [3.8, 4) is 11.3 Å². The number of rotatable bonds is 9. The Morgan fingerprint density at radius 1 is 1.05 bits per heavy atom. The molecule has 1 saturated carbocycles. The summed E-state index contributed by atoms with van der Waals surface area (Å²) in [5.74, 6) is 0.542. The van der Waals surface area contributed by atoms with Gasteiger partial charge in [0.05, 0.1) is 24.0 Å². The SMILES string of the molecule is CN1CCN(CCn2cc(-c3cc(N(C)Cc4ccccc4)n4ncc(C(=O)N[C@H]5CC[C@@H]5O)c4n3)c3cccnc32)CC1. The van der Waals surface area contributed by atoms with Gasteiger partial charge in [0.2, 0.25) is 0 Å². The number of nitrogens with zero attached hydrogens (tertiary/aromatic N) is 8. The zero-order chi connectivity index (χ0) is 30.2. The molecule has 2 aliphatic rings. The lowest BCUT2D eigenvalue weighted by Gasteiger charge is -2.32. The summed E-state index contributed by atoms with van der Waals surface area (Å²) in [5, 5.41) is 18.7. The summed E-state index contributed by atoms with van der Waals surface area (Å²) in [5.41, 5.74) is 4.66. The van der Waals surface area contributed by atoms with E-state index >= 15 is 0 Å². The van der Waals surface area contributed by atoms with E-state index in [1.54, 1.807) is 10.7 Å². The molecule has 1 aromatic carbocycles. The van der Waals surface area contributed by atoms with Gasteiger partial charge in [-0.25, -0.2) is 9.97 Å². The molecular weight excluding hydrogens is 554 g/mol. The highest BCUT2D eigenvalue weighted by atomic mass is 16.3. The molecule has 1 saturated heterocycles. The Hall–Kier alpha value is -4.32. The van der Waals surface area contributed by atoms with Gasteiger partial charge in [0.25, 0.3) is 5.91 Å². The van der Waals surface area contributed by atoms with Gasteiger partial charge in [-0.15, -0.1) is 0 Å². The molecule has 1 amide bonds. The smallest absolute Gasteiger partial charge is 0.257 e. The number of aliphatic hydroxyl groups excluding tert-OH is 1. The summed E-state index contributed by atoms with van der Waals surface area (Å²) >= 11 is 0. The fourth-order valence-corrected chi connectivity index (χ4v) is 6.17. The fourth-order valence-electron chi connectivity index (χ4n) is 6.17. The summed E-state index contributed by atoms with van der Waals surface area (Å²) in [6, 6.07) is 16.1. The van der Waals surface area contributed by atoms with Crippen molar-refractivity contribution in [3.63, 3.8) is 0 Å². The Morgan fingerprint density at radius 2 is 1.86 bits per heavy atom. The Kier molecular flexibility index (Phi) is 7.75. The van der Waals surface area contributed by atoms with Crippen LogP contribution in [0.15, 0.2) is 67.1 Å². The van der Waals surface area contributed by atoms with Gasteiger partial charge < -0.3 is 24.8 Å². The number of aromatic nitrogens is 5. The van der Waals surface area contributed by atoms with Crippen LogP contribution in [0.25, 0.3) is 27.9 Å². The average Bonchev–Trinajstić information content (AvgIpc) is 3.64. The van der Waals surface area contributed by atoms with Crippen LogP contribution in [-0.2, 0) is 13.1 Å². The van der Waals surface area contributed by atoms with Gasteiger partial charge in [-0.05, 0) is 37.6 Å². The first-order valence-corrected chi connectivity index (χ1v) is 15.4. The Labute approximate surface area is 256 Å². The van der Waals surface area contributed by atoms with Gasteiger partial charge in [0.15, 0.2) is 5.65 Å². The van der Waals surface area contributed by atoms with Crippen molar-refractivity contribution < 1.29 is 9.90 Å². The number of likely N-dealkylation sites (N-methyl/N-ethyl adjacent to an activating group) is 1. The lowest BCUT2D eigenvalue weighted by atomic mass is 9.89. The predicted molar refractivity (Wildman–Crippen MR) is 171 cm³/mol. The van der Waals surface area contributed by atoms with Gasteiger partial charge in [-0.3, -0.25) is 9.69 Å². The van der Waals surface area contributed by atoms with Crippen LogP contribution in [0.2, 0.25) is 0 Å². The summed E-state index contributed by atoms with van der Waals surface area (Å²) < 4.78 is 3.97. The molecule has 0 unspecified atom stereocenters. The molecule has 2 atom stereocenters. The van der Waals surface area contributed by atoms with Crippen molar-refractivity contribution in [3.05, 3.63) is 78.2 Å². The molecule has 0 spiro atoms. The number of fused-ring (bicyclic) bond motifs is 2. The zero-order valence-corrected chi connectivity index (χ0v) is 25.3. The third-order valence-electron chi connectivity index (χ3n) is 9.07. The van der Waals surface area contributed by atoms with Crippen LogP contribution in [0.3, 0.4) is 0 Å². The first kappa shape index (κ1) is 28.5. The van der Waals surface area contributed by atoms with Gasteiger partial charge in [-0.1, -0.05) is 30.3 Å². The Balaban J connectivity index is 1.28.